The standard InChI is InChI=1S/C27H32ClN5O3/c1-17-14-29-11-13-33(17)25-24-26(31-27(30-25)35-15-19-8-5-12-32(19)2)36-22(16-34-24)20-9-3-6-18-7-4-10-21(28)23(18)20/h3-4,6-7,9-10,17,19,22,29H,5,8,11-16H2,1-2H3/t17-,19-,22?/m0/s1. The average Bonchev–Trinajstić information content (AvgIpc) is 3.31. The number of hydrogen-bond donors (Lipinski definition) is 1. The highest BCUT2D eigenvalue weighted by Gasteiger charge is 2.34. The minimum Gasteiger partial charge on any atom is -0.481 e. The molecule has 4 heterocycles. The highest BCUT2D eigenvalue weighted by molar-refractivity contribution is 6.35. The fourth-order valence-corrected chi connectivity index (χ4v) is 5.74. The van der Waals surface area contributed by atoms with Gasteiger partial charge in [0, 0.05) is 47.7 Å². The van der Waals surface area contributed by atoms with Crippen LogP contribution in [0, 0.1) is 0 Å². The van der Waals surface area contributed by atoms with Gasteiger partial charge >= 0.3 is 6.01 Å². The first-order chi connectivity index (χ1) is 17.6. The van der Waals surface area contributed by atoms with E-state index in [2.05, 4.69) is 46.2 Å². The van der Waals surface area contributed by atoms with E-state index in [9.17, 15) is 0 Å². The van der Waals surface area contributed by atoms with E-state index >= 15 is 0 Å². The summed E-state index contributed by atoms with van der Waals surface area (Å²) in [5, 5.41) is 6.18. The van der Waals surface area contributed by atoms with Crippen molar-refractivity contribution in [3.05, 3.63) is 47.0 Å². The van der Waals surface area contributed by atoms with Crippen molar-refractivity contribution in [1.82, 2.24) is 20.2 Å². The van der Waals surface area contributed by atoms with Gasteiger partial charge in [-0.1, -0.05) is 41.9 Å². The molecule has 0 bridgehead atoms. The van der Waals surface area contributed by atoms with E-state index < -0.39 is 0 Å². The van der Waals surface area contributed by atoms with Crippen molar-refractivity contribution in [1.29, 1.82) is 0 Å². The first kappa shape index (κ1) is 23.6. The third-order valence-corrected chi connectivity index (χ3v) is 7.83. The smallest absolute Gasteiger partial charge is 0.322 e. The number of fused-ring (bicyclic) bond motifs is 2. The molecule has 8 nitrogen and oxygen atoms in total. The number of anilines is 1. The highest BCUT2D eigenvalue weighted by atomic mass is 35.5. The third kappa shape index (κ3) is 4.42. The second-order valence-electron chi connectivity index (χ2n) is 9.90. The van der Waals surface area contributed by atoms with Crippen LogP contribution < -0.4 is 24.4 Å². The van der Waals surface area contributed by atoms with Crippen molar-refractivity contribution in [2.24, 2.45) is 0 Å². The number of likely N-dealkylation sites (N-methyl/N-ethyl adjacent to an activating group) is 1. The summed E-state index contributed by atoms with van der Waals surface area (Å²) in [6.07, 6.45) is 1.95. The van der Waals surface area contributed by atoms with E-state index in [1.165, 1.54) is 6.42 Å². The zero-order valence-corrected chi connectivity index (χ0v) is 21.5. The number of likely N-dealkylation sites (tertiary alicyclic amines) is 1. The normalized spacial score (nSPS) is 24.3. The third-order valence-electron chi connectivity index (χ3n) is 7.51. The van der Waals surface area contributed by atoms with Crippen molar-refractivity contribution in [2.75, 3.05) is 51.3 Å². The molecular formula is C27H32ClN5O3. The van der Waals surface area contributed by atoms with Crippen LogP contribution >= 0.6 is 11.6 Å². The molecule has 1 aromatic heterocycles. The topological polar surface area (TPSA) is 72.0 Å². The molecule has 3 aliphatic heterocycles. The number of hydrogen-bond acceptors (Lipinski definition) is 8. The van der Waals surface area contributed by atoms with Gasteiger partial charge in [0.25, 0.3) is 5.88 Å². The molecule has 2 fully saturated rings. The Bertz CT molecular complexity index is 1250. The van der Waals surface area contributed by atoms with Crippen molar-refractivity contribution < 1.29 is 14.2 Å². The number of ether oxygens (including phenoxy) is 3. The summed E-state index contributed by atoms with van der Waals surface area (Å²) in [5.41, 5.74) is 0.981. The molecule has 0 amide bonds. The van der Waals surface area contributed by atoms with Gasteiger partial charge in [0.2, 0.25) is 5.75 Å². The molecule has 1 N–H and O–H groups in total. The molecule has 0 saturated carbocycles. The average molecular weight is 510 g/mol. The maximum atomic E-state index is 6.61. The Morgan fingerprint density at radius 1 is 1.17 bits per heavy atom. The van der Waals surface area contributed by atoms with Crippen molar-refractivity contribution in [2.45, 2.75) is 38.0 Å². The number of piperazine rings is 1. The lowest BCUT2D eigenvalue weighted by Gasteiger charge is -2.37. The molecule has 0 spiro atoms. The zero-order chi connectivity index (χ0) is 24.6. The molecular weight excluding hydrogens is 478 g/mol. The number of nitrogens with one attached hydrogen (secondary N) is 1. The maximum Gasteiger partial charge on any atom is 0.322 e. The van der Waals surface area contributed by atoms with E-state index in [1.807, 2.05) is 24.3 Å². The summed E-state index contributed by atoms with van der Waals surface area (Å²) in [7, 11) is 2.14. The van der Waals surface area contributed by atoms with E-state index in [-0.39, 0.29) is 12.1 Å². The number of rotatable bonds is 5. The molecule has 0 radical (unpaired) electrons. The molecule has 190 valence electrons. The molecule has 3 aliphatic rings. The van der Waals surface area contributed by atoms with Crippen LogP contribution in [0.1, 0.15) is 31.4 Å². The summed E-state index contributed by atoms with van der Waals surface area (Å²) < 4.78 is 19.0. The van der Waals surface area contributed by atoms with Gasteiger partial charge in [0.05, 0.1) is 0 Å². The Hall–Kier alpha value is -2.81. The first-order valence-corrected chi connectivity index (χ1v) is 13.2. The SMILES string of the molecule is C[C@H]1CNCCN1c1nc(OC[C@@H]2CCCN2C)nc2c1OCC(c1cccc3cccc(Cl)c13)O2. The molecule has 36 heavy (non-hydrogen) atoms. The number of aromatic nitrogens is 2. The van der Waals surface area contributed by atoms with Gasteiger partial charge < -0.3 is 29.3 Å². The van der Waals surface area contributed by atoms with E-state index in [4.69, 9.17) is 30.8 Å². The van der Waals surface area contributed by atoms with Crippen LogP contribution in [0.4, 0.5) is 5.82 Å². The van der Waals surface area contributed by atoms with E-state index in [1.54, 1.807) is 0 Å². The van der Waals surface area contributed by atoms with Gasteiger partial charge in [-0.05, 0) is 44.8 Å². The van der Waals surface area contributed by atoms with Gasteiger partial charge in [0.1, 0.15) is 13.2 Å². The van der Waals surface area contributed by atoms with Gasteiger partial charge in [-0.2, -0.15) is 9.97 Å². The summed E-state index contributed by atoms with van der Waals surface area (Å²) in [5.74, 6) is 1.73. The Labute approximate surface area is 216 Å². The molecule has 9 heteroatoms. The van der Waals surface area contributed by atoms with Crippen LogP contribution in [0.5, 0.6) is 17.6 Å². The largest absolute Gasteiger partial charge is 0.481 e. The summed E-state index contributed by atoms with van der Waals surface area (Å²) >= 11 is 6.61. The van der Waals surface area contributed by atoms with Crippen molar-refractivity contribution >= 4 is 28.2 Å². The Morgan fingerprint density at radius 3 is 2.83 bits per heavy atom. The number of halogens is 1. The van der Waals surface area contributed by atoms with Crippen molar-refractivity contribution in [3.8, 4) is 17.6 Å². The Balaban J connectivity index is 1.35. The van der Waals surface area contributed by atoms with Crippen LogP contribution in [0.15, 0.2) is 36.4 Å². The fraction of sp³-hybridized carbons (Fsp3) is 0.481. The Kier molecular flexibility index (Phi) is 6.50. The van der Waals surface area contributed by atoms with Crippen LogP contribution in [0.25, 0.3) is 10.8 Å². The zero-order valence-electron chi connectivity index (χ0n) is 20.7. The second-order valence-corrected chi connectivity index (χ2v) is 10.3. The lowest BCUT2D eigenvalue weighted by atomic mass is 10.00. The molecule has 6 rings (SSSR count). The van der Waals surface area contributed by atoms with Crippen molar-refractivity contribution in [3.63, 3.8) is 0 Å². The van der Waals surface area contributed by atoms with Gasteiger partial charge in [-0.3, -0.25) is 0 Å². The molecule has 3 atom stereocenters. The van der Waals surface area contributed by atoms with Gasteiger partial charge in [-0.15, -0.1) is 0 Å². The number of benzene rings is 2. The highest BCUT2D eigenvalue weighted by Crippen LogP contribution is 2.44. The Morgan fingerprint density at radius 2 is 2.03 bits per heavy atom. The summed E-state index contributed by atoms with van der Waals surface area (Å²) in [6, 6.07) is 13.0. The lowest BCUT2D eigenvalue weighted by Crippen LogP contribution is -2.50. The molecule has 2 saturated heterocycles. The van der Waals surface area contributed by atoms with Crippen LogP contribution in [0.2, 0.25) is 5.02 Å². The quantitative estimate of drug-likeness (QED) is 0.552. The lowest BCUT2D eigenvalue weighted by molar-refractivity contribution is 0.0830. The van der Waals surface area contributed by atoms with Crippen LogP contribution in [-0.4, -0.2) is 73.4 Å². The predicted octanol–water partition coefficient (Wildman–Crippen LogP) is 4.07. The molecule has 2 aromatic carbocycles. The summed E-state index contributed by atoms with van der Waals surface area (Å²) in [4.78, 5) is 14.1. The predicted molar refractivity (Wildman–Crippen MR) is 141 cm³/mol. The summed E-state index contributed by atoms with van der Waals surface area (Å²) in [6.45, 7) is 6.75. The minimum atomic E-state index is -0.349. The van der Waals surface area contributed by atoms with Crippen LogP contribution in [0.3, 0.4) is 0 Å². The monoisotopic (exact) mass is 509 g/mol. The van der Waals surface area contributed by atoms with E-state index in [0.717, 1.165) is 54.8 Å². The maximum absolute atomic E-state index is 6.61. The number of nitrogens with zero attached hydrogens (tertiary/aromatic N) is 4. The molecule has 0 aliphatic carbocycles. The van der Waals surface area contributed by atoms with E-state index in [0.29, 0.717) is 41.9 Å². The fourth-order valence-electron chi connectivity index (χ4n) is 5.45. The molecule has 1 unspecified atom stereocenters. The second kappa shape index (κ2) is 9.92. The van der Waals surface area contributed by atoms with Gasteiger partial charge in [0.15, 0.2) is 11.9 Å². The minimum absolute atomic E-state index is 0.254. The van der Waals surface area contributed by atoms with Crippen LogP contribution in [-0.2, 0) is 0 Å². The first-order valence-electron chi connectivity index (χ1n) is 12.8. The molecule has 3 aromatic rings. The van der Waals surface area contributed by atoms with Gasteiger partial charge in [-0.25, -0.2) is 0 Å².